The number of hydrogen-bond donors (Lipinski definition) is 2. The van der Waals surface area contributed by atoms with Crippen molar-refractivity contribution in [1.29, 1.82) is 0 Å². The molecule has 0 radical (unpaired) electrons. The van der Waals surface area contributed by atoms with E-state index in [0.29, 0.717) is 5.69 Å². The van der Waals surface area contributed by atoms with E-state index in [-0.39, 0.29) is 5.84 Å². The summed E-state index contributed by atoms with van der Waals surface area (Å²) in [6.45, 7) is 4.43. The van der Waals surface area contributed by atoms with Gasteiger partial charge in [0.25, 0.3) is 0 Å². The van der Waals surface area contributed by atoms with E-state index in [1.807, 2.05) is 6.07 Å². The molecule has 5 heteroatoms. The van der Waals surface area contributed by atoms with Crippen molar-refractivity contribution in [2.24, 2.45) is 16.8 Å². The van der Waals surface area contributed by atoms with Crippen LogP contribution in [0.4, 0.5) is 5.69 Å². The van der Waals surface area contributed by atoms with Crippen molar-refractivity contribution < 1.29 is 5.21 Å². The van der Waals surface area contributed by atoms with Crippen molar-refractivity contribution in [2.75, 3.05) is 18.0 Å². The van der Waals surface area contributed by atoms with Gasteiger partial charge in [-0.3, -0.25) is 4.98 Å². The summed E-state index contributed by atoms with van der Waals surface area (Å²) in [5.41, 5.74) is 7.10. The highest BCUT2D eigenvalue weighted by molar-refractivity contribution is 5.95. The van der Waals surface area contributed by atoms with Crippen molar-refractivity contribution in [3.63, 3.8) is 0 Å². The first-order valence-electron chi connectivity index (χ1n) is 6.43. The van der Waals surface area contributed by atoms with E-state index >= 15 is 0 Å². The highest BCUT2D eigenvalue weighted by Crippen LogP contribution is 2.24. The number of nitrogens with two attached hydrogens (primary N) is 1. The molecule has 1 saturated heterocycles. The smallest absolute Gasteiger partial charge is 0.188 e. The highest BCUT2D eigenvalue weighted by atomic mass is 16.4. The lowest BCUT2D eigenvalue weighted by Crippen LogP contribution is -2.33. The van der Waals surface area contributed by atoms with Crippen LogP contribution in [0.2, 0.25) is 0 Å². The van der Waals surface area contributed by atoms with Gasteiger partial charge < -0.3 is 15.8 Å². The summed E-state index contributed by atoms with van der Waals surface area (Å²) >= 11 is 0. The van der Waals surface area contributed by atoms with Crippen LogP contribution in [-0.4, -0.2) is 29.1 Å². The molecule has 2 rings (SSSR count). The van der Waals surface area contributed by atoms with Gasteiger partial charge in [0.1, 0.15) is 5.69 Å². The number of pyridine rings is 1. The van der Waals surface area contributed by atoms with Crippen LogP contribution in [0.5, 0.6) is 0 Å². The predicted molar refractivity (Wildman–Crippen MR) is 72.0 cm³/mol. The summed E-state index contributed by atoms with van der Waals surface area (Å²) in [5.74, 6) is 0.914. The molecule has 0 spiro atoms. The SMILES string of the molecule is CCC1CCN(c2ccc(/C(N)=N/O)nc2)CC1. The molecule has 1 aliphatic heterocycles. The molecule has 0 bridgehead atoms. The third kappa shape index (κ3) is 2.72. The number of aromatic nitrogens is 1. The summed E-state index contributed by atoms with van der Waals surface area (Å²) in [6.07, 6.45) is 5.56. The van der Waals surface area contributed by atoms with Gasteiger partial charge in [0.2, 0.25) is 0 Å². The normalized spacial score (nSPS) is 18.1. The molecule has 0 atom stereocenters. The predicted octanol–water partition coefficient (Wildman–Crippen LogP) is 1.80. The third-order valence-electron chi connectivity index (χ3n) is 3.68. The fraction of sp³-hybridized carbons (Fsp3) is 0.538. The number of oxime groups is 1. The molecule has 98 valence electrons. The quantitative estimate of drug-likeness (QED) is 0.370. The Hall–Kier alpha value is -1.78. The fourth-order valence-corrected chi connectivity index (χ4v) is 2.38. The van der Waals surface area contributed by atoms with E-state index in [2.05, 4.69) is 22.0 Å². The molecule has 5 nitrogen and oxygen atoms in total. The Balaban J connectivity index is 2.02. The van der Waals surface area contributed by atoms with Gasteiger partial charge in [0, 0.05) is 13.1 Å². The van der Waals surface area contributed by atoms with E-state index in [1.165, 1.54) is 19.3 Å². The molecule has 1 aromatic rings. The minimum absolute atomic E-state index is 0.0474. The average Bonchev–Trinajstić information content (AvgIpc) is 2.47. The molecule has 0 saturated carbocycles. The molecule has 2 heterocycles. The van der Waals surface area contributed by atoms with E-state index in [1.54, 1.807) is 12.3 Å². The van der Waals surface area contributed by atoms with Gasteiger partial charge in [-0.2, -0.15) is 0 Å². The van der Waals surface area contributed by atoms with Crippen LogP contribution in [0.25, 0.3) is 0 Å². The van der Waals surface area contributed by atoms with Crippen molar-refractivity contribution in [3.05, 3.63) is 24.0 Å². The van der Waals surface area contributed by atoms with Gasteiger partial charge in [-0.25, -0.2) is 0 Å². The Morgan fingerprint density at radius 2 is 2.22 bits per heavy atom. The number of piperidine rings is 1. The summed E-state index contributed by atoms with van der Waals surface area (Å²) < 4.78 is 0. The van der Waals surface area contributed by atoms with E-state index in [0.717, 1.165) is 24.7 Å². The van der Waals surface area contributed by atoms with Crippen LogP contribution in [-0.2, 0) is 0 Å². The van der Waals surface area contributed by atoms with Crippen molar-refractivity contribution in [2.45, 2.75) is 26.2 Å². The van der Waals surface area contributed by atoms with Crippen molar-refractivity contribution in [1.82, 2.24) is 4.98 Å². The van der Waals surface area contributed by atoms with Crippen LogP contribution in [0.1, 0.15) is 31.9 Å². The Morgan fingerprint density at radius 3 is 2.72 bits per heavy atom. The number of hydrogen-bond acceptors (Lipinski definition) is 4. The Labute approximate surface area is 107 Å². The third-order valence-corrected chi connectivity index (χ3v) is 3.68. The molecule has 0 amide bonds. The lowest BCUT2D eigenvalue weighted by atomic mass is 9.94. The average molecular weight is 248 g/mol. The molecular weight excluding hydrogens is 228 g/mol. The number of rotatable bonds is 3. The van der Waals surface area contributed by atoms with Crippen molar-refractivity contribution >= 4 is 11.5 Å². The first-order chi connectivity index (χ1) is 8.74. The van der Waals surface area contributed by atoms with Gasteiger partial charge in [0.15, 0.2) is 5.84 Å². The van der Waals surface area contributed by atoms with Gasteiger partial charge in [-0.05, 0) is 30.9 Å². The maximum absolute atomic E-state index is 8.58. The van der Waals surface area contributed by atoms with Crippen LogP contribution in [0, 0.1) is 5.92 Å². The standard InChI is InChI=1S/C13H20N4O/c1-2-10-5-7-17(8-6-10)11-3-4-12(15-9-11)13(14)16-18/h3-4,9-10,18H,2,5-8H2,1H3,(H2,14,16). The van der Waals surface area contributed by atoms with E-state index in [9.17, 15) is 0 Å². The molecule has 1 aromatic heterocycles. The summed E-state index contributed by atoms with van der Waals surface area (Å²) in [4.78, 5) is 6.55. The lowest BCUT2D eigenvalue weighted by molar-refractivity contribution is 0.318. The van der Waals surface area contributed by atoms with Crippen LogP contribution < -0.4 is 10.6 Å². The van der Waals surface area contributed by atoms with Gasteiger partial charge in [-0.15, -0.1) is 0 Å². The topological polar surface area (TPSA) is 74.7 Å². The second kappa shape index (κ2) is 5.71. The minimum atomic E-state index is 0.0474. The zero-order valence-corrected chi connectivity index (χ0v) is 10.7. The summed E-state index contributed by atoms with van der Waals surface area (Å²) in [7, 11) is 0. The fourth-order valence-electron chi connectivity index (χ4n) is 2.38. The largest absolute Gasteiger partial charge is 0.409 e. The monoisotopic (exact) mass is 248 g/mol. The molecule has 0 aliphatic carbocycles. The molecule has 3 N–H and O–H groups in total. The van der Waals surface area contributed by atoms with Crippen LogP contribution in [0.3, 0.4) is 0 Å². The zero-order valence-electron chi connectivity index (χ0n) is 10.7. The van der Waals surface area contributed by atoms with Gasteiger partial charge in [-0.1, -0.05) is 18.5 Å². The first kappa shape index (κ1) is 12.7. The number of anilines is 1. The van der Waals surface area contributed by atoms with Crippen molar-refractivity contribution in [3.8, 4) is 0 Å². The minimum Gasteiger partial charge on any atom is -0.409 e. The maximum Gasteiger partial charge on any atom is 0.188 e. The molecule has 0 unspecified atom stereocenters. The Morgan fingerprint density at radius 1 is 1.50 bits per heavy atom. The zero-order chi connectivity index (χ0) is 13.0. The molecule has 1 fully saturated rings. The second-order valence-electron chi connectivity index (χ2n) is 4.73. The van der Waals surface area contributed by atoms with E-state index in [4.69, 9.17) is 10.9 Å². The van der Waals surface area contributed by atoms with Crippen LogP contribution >= 0.6 is 0 Å². The highest BCUT2D eigenvalue weighted by Gasteiger charge is 2.18. The molecule has 1 aliphatic rings. The summed E-state index contributed by atoms with van der Waals surface area (Å²) in [5, 5.41) is 11.5. The maximum atomic E-state index is 8.58. The van der Waals surface area contributed by atoms with E-state index < -0.39 is 0 Å². The molecule has 18 heavy (non-hydrogen) atoms. The lowest BCUT2D eigenvalue weighted by Gasteiger charge is -2.33. The number of amidine groups is 1. The summed E-state index contributed by atoms with van der Waals surface area (Å²) in [6, 6.07) is 3.77. The first-order valence-corrected chi connectivity index (χ1v) is 6.43. The number of nitrogens with zero attached hydrogens (tertiary/aromatic N) is 3. The van der Waals surface area contributed by atoms with Gasteiger partial charge in [0.05, 0.1) is 11.9 Å². The molecule has 0 aromatic carbocycles. The Kier molecular flexibility index (Phi) is 4.02. The molecular formula is C13H20N4O. The second-order valence-corrected chi connectivity index (χ2v) is 4.73. The van der Waals surface area contributed by atoms with Gasteiger partial charge >= 0.3 is 0 Å². The van der Waals surface area contributed by atoms with Crippen LogP contribution in [0.15, 0.2) is 23.5 Å². The Bertz CT molecular complexity index is 408.